The Morgan fingerprint density at radius 1 is 1.20 bits per heavy atom. The van der Waals surface area contributed by atoms with E-state index in [-0.39, 0.29) is 12.3 Å². The number of carbonyl (C=O) groups excluding carboxylic acids is 1. The Bertz CT molecular complexity index is 676. The number of nitrogens with zero attached hydrogens (tertiary/aromatic N) is 1. The summed E-state index contributed by atoms with van der Waals surface area (Å²) in [6.45, 7) is 3.33. The van der Waals surface area contributed by atoms with Gasteiger partial charge in [0.15, 0.2) is 0 Å². The van der Waals surface area contributed by atoms with Gasteiger partial charge in [-0.05, 0) is 31.1 Å². The van der Waals surface area contributed by atoms with Crippen molar-refractivity contribution in [2.75, 3.05) is 0 Å². The standard InChI is InChI=1S/C14H16N2O3S/c1-11-8-12(2)16(20(18,19)10-11)15-14(17)9-13-6-4-3-5-7-13/h3-8,10H,9H2,1-2H3,(H,15,17). The molecule has 1 aromatic carbocycles. The molecule has 20 heavy (non-hydrogen) atoms. The van der Waals surface area contributed by atoms with Crippen LogP contribution in [0.1, 0.15) is 19.4 Å². The zero-order valence-corrected chi connectivity index (χ0v) is 12.1. The molecular weight excluding hydrogens is 276 g/mol. The SMILES string of the molecule is CC1=CS(=O)(=O)N(NC(=O)Cc2ccccc2)C(C)=C1. The molecule has 0 spiro atoms. The van der Waals surface area contributed by atoms with Crippen molar-refractivity contribution in [2.45, 2.75) is 20.3 Å². The molecule has 5 nitrogen and oxygen atoms in total. The van der Waals surface area contributed by atoms with E-state index in [2.05, 4.69) is 5.43 Å². The van der Waals surface area contributed by atoms with E-state index >= 15 is 0 Å². The van der Waals surface area contributed by atoms with Crippen molar-refractivity contribution in [1.82, 2.24) is 9.84 Å². The summed E-state index contributed by atoms with van der Waals surface area (Å²) >= 11 is 0. The van der Waals surface area contributed by atoms with Gasteiger partial charge in [0.2, 0.25) is 5.91 Å². The number of rotatable bonds is 3. The van der Waals surface area contributed by atoms with Crippen LogP contribution in [-0.4, -0.2) is 18.7 Å². The fraction of sp³-hybridized carbons (Fsp3) is 0.214. The predicted molar refractivity (Wildman–Crippen MR) is 76.6 cm³/mol. The van der Waals surface area contributed by atoms with Crippen LogP contribution in [0.5, 0.6) is 0 Å². The smallest absolute Gasteiger partial charge is 0.273 e. The topological polar surface area (TPSA) is 66.5 Å². The molecule has 2 rings (SSSR count). The maximum absolute atomic E-state index is 12.0. The van der Waals surface area contributed by atoms with E-state index in [1.165, 1.54) is 0 Å². The number of hydrazine groups is 1. The van der Waals surface area contributed by atoms with Crippen LogP contribution >= 0.6 is 0 Å². The first-order valence-electron chi connectivity index (χ1n) is 6.14. The van der Waals surface area contributed by atoms with Crippen LogP contribution in [0.4, 0.5) is 0 Å². The molecule has 0 saturated heterocycles. The van der Waals surface area contributed by atoms with Gasteiger partial charge in [-0.3, -0.25) is 10.2 Å². The molecule has 0 atom stereocenters. The van der Waals surface area contributed by atoms with E-state index in [0.717, 1.165) is 15.4 Å². The van der Waals surface area contributed by atoms with Crippen LogP contribution in [-0.2, 0) is 21.2 Å². The first kappa shape index (κ1) is 14.3. The van der Waals surface area contributed by atoms with Crippen LogP contribution in [0.25, 0.3) is 0 Å². The summed E-state index contributed by atoms with van der Waals surface area (Å²) in [4.78, 5) is 11.9. The highest BCUT2D eigenvalue weighted by atomic mass is 32.2. The lowest BCUT2D eigenvalue weighted by Crippen LogP contribution is -2.45. The first-order valence-corrected chi connectivity index (χ1v) is 7.64. The average Bonchev–Trinajstić information content (AvgIpc) is 2.34. The Morgan fingerprint density at radius 2 is 1.85 bits per heavy atom. The zero-order valence-electron chi connectivity index (χ0n) is 11.3. The van der Waals surface area contributed by atoms with Crippen molar-refractivity contribution in [1.29, 1.82) is 0 Å². The van der Waals surface area contributed by atoms with Gasteiger partial charge in [0.25, 0.3) is 10.0 Å². The predicted octanol–water partition coefficient (Wildman–Crippen LogP) is 1.71. The Balaban J connectivity index is 2.10. The maximum Gasteiger partial charge on any atom is 0.274 e. The Hall–Kier alpha value is -2.08. The molecule has 0 fully saturated rings. The van der Waals surface area contributed by atoms with Crippen molar-refractivity contribution < 1.29 is 13.2 Å². The van der Waals surface area contributed by atoms with Gasteiger partial charge < -0.3 is 0 Å². The minimum absolute atomic E-state index is 0.128. The third kappa shape index (κ3) is 3.27. The molecule has 1 amide bonds. The molecule has 0 aromatic heterocycles. The number of hydrogen-bond acceptors (Lipinski definition) is 3. The van der Waals surface area contributed by atoms with E-state index in [9.17, 15) is 13.2 Å². The number of allylic oxidation sites excluding steroid dienone is 3. The van der Waals surface area contributed by atoms with Crippen LogP contribution in [0.15, 0.2) is 53.1 Å². The Kier molecular flexibility index (Phi) is 3.94. The summed E-state index contributed by atoms with van der Waals surface area (Å²) in [6, 6.07) is 9.15. The second kappa shape index (κ2) is 5.50. The maximum atomic E-state index is 12.0. The number of benzene rings is 1. The molecule has 1 N–H and O–H groups in total. The highest BCUT2D eigenvalue weighted by Crippen LogP contribution is 2.19. The molecular formula is C14H16N2O3S. The van der Waals surface area contributed by atoms with E-state index < -0.39 is 10.0 Å². The van der Waals surface area contributed by atoms with Crippen molar-refractivity contribution in [3.8, 4) is 0 Å². The highest BCUT2D eigenvalue weighted by Gasteiger charge is 2.25. The minimum Gasteiger partial charge on any atom is -0.273 e. The zero-order chi connectivity index (χ0) is 14.8. The van der Waals surface area contributed by atoms with Crippen molar-refractivity contribution in [2.24, 2.45) is 0 Å². The number of hydrogen-bond donors (Lipinski definition) is 1. The highest BCUT2D eigenvalue weighted by molar-refractivity contribution is 7.92. The number of amides is 1. The third-order valence-corrected chi connectivity index (χ3v) is 4.34. The van der Waals surface area contributed by atoms with Gasteiger partial charge in [0.1, 0.15) is 0 Å². The number of sulfonamides is 1. The van der Waals surface area contributed by atoms with Crippen LogP contribution in [0.2, 0.25) is 0 Å². The monoisotopic (exact) mass is 292 g/mol. The second-order valence-electron chi connectivity index (χ2n) is 4.65. The van der Waals surface area contributed by atoms with Crippen molar-refractivity contribution in [3.63, 3.8) is 0 Å². The van der Waals surface area contributed by atoms with Crippen molar-refractivity contribution in [3.05, 3.63) is 58.6 Å². The lowest BCUT2D eigenvalue weighted by atomic mass is 10.1. The first-order chi connectivity index (χ1) is 9.38. The number of nitrogens with one attached hydrogen (secondary N) is 1. The van der Waals surface area contributed by atoms with E-state index in [0.29, 0.717) is 11.3 Å². The number of carbonyl (C=O) groups is 1. The Morgan fingerprint density at radius 3 is 2.45 bits per heavy atom. The average molecular weight is 292 g/mol. The van der Waals surface area contributed by atoms with Crippen LogP contribution < -0.4 is 5.43 Å². The van der Waals surface area contributed by atoms with Gasteiger partial charge in [-0.2, -0.15) is 12.8 Å². The third-order valence-electron chi connectivity index (χ3n) is 2.78. The Labute approximate surface area is 118 Å². The summed E-state index contributed by atoms with van der Waals surface area (Å²) in [5.74, 6) is -0.375. The van der Waals surface area contributed by atoms with Gasteiger partial charge in [-0.25, -0.2) is 0 Å². The largest absolute Gasteiger partial charge is 0.274 e. The lowest BCUT2D eigenvalue weighted by molar-refractivity contribution is -0.122. The molecule has 0 saturated carbocycles. The fourth-order valence-corrected chi connectivity index (χ4v) is 3.32. The second-order valence-corrected chi connectivity index (χ2v) is 6.29. The summed E-state index contributed by atoms with van der Waals surface area (Å²) < 4.78 is 24.9. The lowest BCUT2D eigenvalue weighted by Gasteiger charge is -2.26. The van der Waals surface area contributed by atoms with Gasteiger partial charge in [0.05, 0.1) is 11.8 Å². The fourth-order valence-electron chi connectivity index (χ4n) is 2.00. The molecule has 1 aliphatic rings. The summed E-state index contributed by atoms with van der Waals surface area (Å²) in [5, 5.41) is 1.13. The summed E-state index contributed by atoms with van der Waals surface area (Å²) in [6.07, 6.45) is 1.83. The molecule has 0 bridgehead atoms. The quantitative estimate of drug-likeness (QED) is 0.922. The van der Waals surface area contributed by atoms with Crippen molar-refractivity contribution >= 4 is 15.9 Å². The van der Waals surface area contributed by atoms with Gasteiger partial charge >= 0.3 is 0 Å². The van der Waals surface area contributed by atoms with Crippen LogP contribution in [0, 0.1) is 0 Å². The molecule has 6 heteroatoms. The normalized spacial score (nSPS) is 17.2. The molecule has 1 heterocycles. The van der Waals surface area contributed by atoms with E-state index in [1.54, 1.807) is 19.9 Å². The van der Waals surface area contributed by atoms with E-state index in [4.69, 9.17) is 0 Å². The van der Waals surface area contributed by atoms with Crippen LogP contribution in [0.3, 0.4) is 0 Å². The summed E-state index contributed by atoms with van der Waals surface area (Å²) in [7, 11) is -3.64. The molecule has 0 radical (unpaired) electrons. The molecule has 0 aliphatic carbocycles. The van der Waals surface area contributed by atoms with Gasteiger partial charge in [-0.15, -0.1) is 0 Å². The molecule has 0 unspecified atom stereocenters. The molecule has 1 aromatic rings. The minimum atomic E-state index is -3.64. The van der Waals surface area contributed by atoms with Gasteiger partial charge in [0, 0.05) is 5.70 Å². The molecule has 1 aliphatic heterocycles. The van der Waals surface area contributed by atoms with Gasteiger partial charge in [-0.1, -0.05) is 30.3 Å². The molecule has 106 valence electrons. The van der Waals surface area contributed by atoms with E-state index in [1.807, 2.05) is 30.3 Å². The summed E-state index contributed by atoms with van der Waals surface area (Å²) in [5.41, 5.74) is 4.35.